The second kappa shape index (κ2) is 7.41. The first-order valence-corrected chi connectivity index (χ1v) is 8.35. The van der Waals surface area contributed by atoms with Crippen LogP contribution in [0.2, 0.25) is 0 Å². The van der Waals surface area contributed by atoms with Crippen molar-refractivity contribution in [2.75, 3.05) is 0 Å². The van der Waals surface area contributed by atoms with Crippen molar-refractivity contribution in [3.05, 3.63) is 83.7 Å². The molecular weight excluding hydrogens is 296 g/mol. The lowest BCUT2D eigenvalue weighted by Crippen LogP contribution is -2.35. The van der Waals surface area contributed by atoms with Gasteiger partial charge in [0.25, 0.3) is 0 Å². The van der Waals surface area contributed by atoms with Gasteiger partial charge in [0.05, 0.1) is 23.8 Å². The van der Waals surface area contributed by atoms with Crippen LogP contribution in [-0.4, -0.2) is 20.6 Å². The van der Waals surface area contributed by atoms with E-state index in [1.165, 1.54) is 11.3 Å². The highest BCUT2D eigenvalue weighted by Gasteiger charge is 2.18. The maximum Gasteiger partial charge on any atom is 0.0951 e. The molecule has 1 N–H and O–H groups in total. The van der Waals surface area contributed by atoms with Gasteiger partial charge in [-0.05, 0) is 38.5 Å². The third-order valence-corrected chi connectivity index (χ3v) is 4.38. The van der Waals surface area contributed by atoms with Crippen LogP contribution in [-0.2, 0) is 6.54 Å². The summed E-state index contributed by atoms with van der Waals surface area (Å²) >= 11 is 0. The summed E-state index contributed by atoms with van der Waals surface area (Å²) in [5, 5.41) is 3.72. The molecule has 4 nitrogen and oxygen atoms in total. The molecule has 0 amide bonds. The first-order chi connectivity index (χ1) is 11.6. The van der Waals surface area contributed by atoms with Gasteiger partial charge in [0.1, 0.15) is 0 Å². The summed E-state index contributed by atoms with van der Waals surface area (Å²) in [4.78, 5) is 8.94. The van der Waals surface area contributed by atoms with Crippen LogP contribution in [0.15, 0.2) is 61.1 Å². The minimum Gasteiger partial charge on any atom is -0.333 e. The monoisotopic (exact) mass is 320 g/mol. The maximum atomic E-state index is 4.56. The summed E-state index contributed by atoms with van der Waals surface area (Å²) in [6.45, 7) is 7.24. The molecule has 124 valence electrons. The second-order valence-electron chi connectivity index (χ2n) is 6.23. The van der Waals surface area contributed by atoms with Gasteiger partial charge in [-0.25, -0.2) is 4.98 Å². The van der Waals surface area contributed by atoms with E-state index in [2.05, 4.69) is 64.0 Å². The Morgan fingerprint density at radius 3 is 2.38 bits per heavy atom. The zero-order valence-electron chi connectivity index (χ0n) is 14.5. The second-order valence-corrected chi connectivity index (χ2v) is 6.23. The van der Waals surface area contributed by atoms with Crippen LogP contribution >= 0.6 is 0 Å². The number of pyridine rings is 1. The van der Waals surface area contributed by atoms with Gasteiger partial charge >= 0.3 is 0 Å². The zero-order chi connectivity index (χ0) is 16.9. The summed E-state index contributed by atoms with van der Waals surface area (Å²) in [6, 6.07) is 16.9. The van der Waals surface area contributed by atoms with Gasteiger partial charge in [-0.3, -0.25) is 4.98 Å². The number of rotatable bonds is 6. The van der Waals surface area contributed by atoms with Gasteiger partial charge < -0.3 is 9.88 Å². The van der Waals surface area contributed by atoms with Crippen molar-refractivity contribution in [1.29, 1.82) is 0 Å². The number of aromatic nitrogens is 3. The topological polar surface area (TPSA) is 42.7 Å². The van der Waals surface area contributed by atoms with Crippen LogP contribution in [0.1, 0.15) is 35.6 Å². The van der Waals surface area contributed by atoms with Crippen LogP contribution in [0.4, 0.5) is 0 Å². The van der Waals surface area contributed by atoms with E-state index in [1.807, 2.05) is 37.6 Å². The van der Waals surface area contributed by atoms with Crippen molar-refractivity contribution in [3.8, 4) is 0 Å². The van der Waals surface area contributed by atoms with Crippen molar-refractivity contribution in [3.63, 3.8) is 0 Å². The fourth-order valence-electron chi connectivity index (χ4n) is 2.91. The van der Waals surface area contributed by atoms with Crippen molar-refractivity contribution in [2.24, 2.45) is 0 Å². The molecule has 3 aromatic rings. The van der Waals surface area contributed by atoms with Gasteiger partial charge in [-0.2, -0.15) is 0 Å². The molecule has 0 saturated heterocycles. The Labute approximate surface area is 143 Å². The maximum absolute atomic E-state index is 4.56. The van der Waals surface area contributed by atoms with Gasteiger partial charge in [-0.15, -0.1) is 0 Å². The molecule has 2 aromatic heterocycles. The van der Waals surface area contributed by atoms with E-state index in [4.69, 9.17) is 0 Å². The molecule has 0 aliphatic carbocycles. The molecule has 0 unspecified atom stereocenters. The number of aryl methyl sites for hydroxylation is 1. The largest absolute Gasteiger partial charge is 0.333 e. The third-order valence-electron chi connectivity index (χ3n) is 4.38. The van der Waals surface area contributed by atoms with Crippen molar-refractivity contribution in [2.45, 2.75) is 39.4 Å². The van der Waals surface area contributed by atoms with Crippen LogP contribution < -0.4 is 5.32 Å². The van der Waals surface area contributed by atoms with Crippen molar-refractivity contribution >= 4 is 0 Å². The first-order valence-electron chi connectivity index (χ1n) is 8.35. The normalized spacial score (nSPS) is 13.6. The quantitative estimate of drug-likeness (QED) is 0.753. The number of hydrogen-bond acceptors (Lipinski definition) is 3. The number of benzene rings is 1. The highest BCUT2D eigenvalue weighted by molar-refractivity contribution is 5.27. The molecule has 0 aliphatic heterocycles. The van der Waals surface area contributed by atoms with Gasteiger partial charge in [0, 0.05) is 24.5 Å². The Balaban J connectivity index is 1.80. The predicted molar refractivity (Wildman–Crippen MR) is 96.8 cm³/mol. The van der Waals surface area contributed by atoms with Crippen molar-refractivity contribution in [1.82, 2.24) is 19.9 Å². The fraction of sp³-hybridized carbons (Fsp3) is 0.300. The molecule has 2 atom stereocenters. The minimum atomic E-state index is 0.0762. The highest BCUT2D eigenvalue weighted by Crippen LogP contribution is 2.21. The standard InChI is InChI=1S/C20H24N4/c1-15(13-24-14-22-16(2)17(24)3)23-20(18-9-5-4-6-10-18)19-11-7-8-12-21-19/h4-12,14-15,20,23H,13H2,1-3H3/t15-,20-/m1/s1. The molecule has 24 heavy (non-hydrogen) atoms. The Bertz CT molecular complexity index is 725. The summed E-state index contributed by atoms with van der Waals surface area (Å²) in [5.41, 5.74) is 4.57. The first kappa shape index (κ1) is 16.4. The number of nitrogens with one attached hydrogen (secondary N) is 1. The molecular formula is C20H24N4. The lowest BCUT2D eigenvalue weighted by molar-refractivity contribution is 0.436. The Hall–Kier alpha value is -2.46. The van der Waals surface area contributed by atoms with E-state index in [-0.39, 0.29) is 12.1 Å². The van der Waals surface area contributed by atoms with Gasteiger partial charge in [0.2, 0.25) is 0 Å². The van der Waals surface area contributed by atoms with Crippen LogP contribution in [0.5, 0.6) is 0 Å². The number of hydrogen-bond donors (Lipinski definition) is 1. The molecule has 2 heterocycles. The summed E-state index contributed by atoms with van der Waals surface area (Å²) < 4.78 is 2.20. The van der Waals surface area contributed by atoms with E-state index in [0.29, 0.717) is 0 Å². The average molecular weight is 320 g/mol. The molecule has 0 bridgehead atoms. The smallest absolute Gasteiger partial charge is 0.0951 e. The minimum absolute atomic E-state index is 0.0762. The van der Waals surface area contributed by atoms with Crippen LogP contribution in [0.3, 0.4) is 0 Å². The lowest BCUT2D eigenvalue weighted by Gasteiger charge is -2.24. The van der Waals surface area contributed by atoms with E-state index < -0.39 is 0 Å². The van der Waals surface area contributed by atoms with Gasteiger partial charge in [-0.1, -0.05) is 36.4 Å². The number of nitrogens with zero attached hydrogens (tertiary/aromatic N) is 3. The van der Waals surface area contributed by atoms with Crippen molar-refractivity contribution < 1.29 is 0 Å². The van der Waals surface area contributed by atoms with Gasteiger partial charge in [0.15, 0.2) is 0 Å². The molecule has 0 aliphatic rings. The highest BCUT2D eigenvalue weighted by atomic mass is 15.1. The molecule has 4 heteroatoms. The Morgan fingerprint density at radius 1 is 1.00 bits per heavy atom. The van der Waals surface area contributed by atoms with E-state index in [1.54, 1.807) is 0 Å². The zero-order valence-corrected chi connectivity index (χ0v) is 14.5. The molecule has 3 rings (SSSR count). The molecule has 0 spiro atoms. The fourth-order valence-corrected chi connectivity index (χ4v) is 2.91. The number of imidazole rings is 1. The average Bonchev–Trinajstić information content (AvgIpc) is 2.93. The molecule has 1 aromatic carbocycles. The summed E-state index contributed by atoms with van der Waals surface area (Å²) in [6.07, 6.45) is 3.77. The SMILES string of the molecule is Cc1ncn(C[C@@H](C)N[C@H](c2ccccc2)c2ccccn2)c1C. The van der Waals surface area contributed by atoms with Crippen LogP contribution in [0.25, 0.3) is 0 Å². The predicted octanol–water partition coefficient (Wildman–Crippen LogP) is 3.66. The molecule has 0 saturated carbocycles. The molecule has 0 fully saturated rings. The summed E-state index contributed by atoms with van der Waals surface area (Å²) in [5.74, 6) is 0. The third kappa shape index (κ3) is 3.71. The van der Waals surface area contributed by atoms with Crippen LogP contribution in [0, 0.1) is 13.8 Å². The lowest BCUT2D eigenvalue weighted by atomic mass is 10.0. The Kier molecular flexibility index (Phi) is 5.06. The van der Waals surface area contributed by atoms with E-state index in [0.717, 1.165) is 17.9 Å². The van der Waals surface area contributed by atoms with E-state index in [9.17, 15) is 0 Å². The Morgan fingerprint density at radius 2 is 1.75 bits per heavy atom. The van der Waals surface area contributed by atoms with E-state index >= 15 is 0 Å². The summed E-state index contributed by atoms with van der Waals surface area (Å²) in [7, 11) is 0. The molecule has 0 radical (unpaired) electrons.